The first-order chi connectivity index (χ1) is 12.7. The Hall–Kier alpha value is -2.79. The molecule has 142 valence electrons. The Morgan fingerprint density at radius 2 is 2.04 bits per heavy atom. The number of benzene rings is 1. The molecule has 1 aromatic carbocycles. The van der Waals surface area contributed by atoms with E-state index in [0.29, 0.717) is 17.1 Å². The van der Waals surface area contributed by atoms with Crippen LogP contribution in [0.2, 0.25) is 0 Å². The van der Waals surface area contributed by atoms with E-state index in [1.807, 2.05) is 6.07 Å². The second-order valence-electron chi connectivity index (χ2n) is 6.97. The van der Waals surface area contributed by atoms with Gasteiger partial charge < -0.3 is 14.1 Å². The Kier molecular flexibility index (Phi) is 4.98. The van der Waals surface area contributed by atoms with Crippen molar-refractivity contribution in [2.24, 2.45) is 0 Å². The van der Waals surface area contributed by atoms with E-state index in [4.69, 9.17) is 14.4 Å². The van der Waals surface area contributed by atoms with Crippen molar-refractivity contribution in [1.82, 2.24) is 4.90 Å². The molecule has 1 amide bonds. The Balaban J connectivity index is 1.67. The fourth-order valence-electron chi connectivity index (χ4n) is 2.88. The van der Waals surface area contributed by atoms with Crippen molar-refractivity contribution >= 4 is 15.7 Å². The third-order valence-electron chi connectivity index (χ3n) is 4.58. The van der Waals surface area contributed by atoms with Crippen LogP contribution in [0.1, 0.15) is 35.7 Å². The van der Waals surface area contributed by atoms with Gasteiger partial charge in [0.25, 0.3) is 5.91 Å². The number of para-hydroxylation sites is 1. The number of hydrogen-bond donors (Lipinski definition) is 0. The highest BCUT2D eigenvalue weighted by Crippen LogP contribution is 2.25. The van der Waals surface area contributed by atoms with E-state index in [2.05, 4.69) is 0 Å². The lowest BCUT2D eigenvalue weighted by molar-refractivity contribution is 0.0707. The van der Waals surface area contributed by atoms with Gasteiger partial charge in [0.15, 0.2) is 15.6 Å². The zero-order valence-corrected chi connectivity index (χ0v) is 16.0. The molecule has 0 spiro atoms. The van der Waals surface area contributed by atoms with Crippen molar-refractivity contribution in [3.05, 3.63) is 53.5 Å². The number of furan rings is 1. The normalized spacial score (nSPS) is 17.9. The molecule has 1 aliphatic rings. The third kappa shape index (κ3) is 3.83. The van der Waals surface area contributed by atoms with Crippen LogP contribution in [0.5, 0.6) is 5.75 Å². The smallest absolute Gasteiger partial charge is 0.289 e. The Morgan fingerprint density at radius 1 is 1.30 bits per heavy atom. The first kappa shape index (κ1) is 19.0. The van der Waals surface area contributed by atoms with Crippen molar-refractivity contribution < 1.29 is 22.4 Å². The highest BCUT2D eigenvalue weighted by Gasteiger charge is 2.42. The number of amides is 1. The second-order valence-corrected chi connectivity index (χ2v) is 9.71. The number of rotatable bonds is 4. The van der Waals surface area contributed by atoms with Gasteiger partial charge in [0, 0.05) is 13.1 Å². The molecule has 0 bridgehead atoms. The first-order valence-corrected chi connectivity index (χ1v) is 10.1. The van der Waals surface area contributed by atoms with Crippen LogP contribution >= 0.6 is 0 Å². The summed E-state index contributed by atoms with van der Waals surface area (Å²) in [5, 5.41) is 9.07. The van der Waals surface area contributed by atoms with Crippen LogP contribution in [-0.2, 0) is 16.4 Å². The van der Waals surface area contributed by atoms with Crippen LogP contribution in [0.3, 0.4) is 0 Å². The van der Waals surface area contributed by atoms with Gasteiger partial charge >= 0.3 is 0 Å². The van der Waals surface area contributed by atoms with E-state index in [-0.39, 0.29) is 37.1 Å². The lowest BCUT2D eigenvalue weighted by atomic mass is 10.2. The number of carbonyl (C=O) groups excluding carboxylic acids is 1. The Labute approximate surface area is 158 Å². The van der Waals surface area contributed by atoms with Crippen molar-refractivity contribution in [2.45, 2.75) is 25.2 Å². The van der Waals surface area contributed by atoms with E-state index < -0.39 is 14.6 Å². The van der Waals surface area contributed by atoms with Gasteiger partial charge in [0.1, 0.15) is 24.2 Å². The van der Waals surface area contributed by atoms with Crippen molar-refractivity contribution in [1.29, 1.82) is 5.26 Å². The summed E-state index contributed by atoms with van der Waals surface area (Å²) in [6, 6.07) is 12.1. The maximum atomic E-state index is 12.6. The molecule has 1 saturated heterocycles. The van der Waals surface area contributed by atoms with E-state index in [0.717, 1.165) is 0 Å². The van der Waals surface area contributed by atoms with Crippen molar-refractivity contribution in [3.63, 3.8) is 0 Å². The number of nitriles is 1. The summed E-state index contributed by atoms with van der Waals surface area (Å²) in [6.07, 6.45) is 0. The molecule has 0 unspecified atom stereocenters. The van der Waals surface area contributed by atoms with Crippen molar-refractivity contribution in [3.8, 4) is 11.8 Å². The van der Waals surface area contributed by atoms with Crippen LogP contribution in [0, 0.1) is 11.3 Å². The largest absolute Gasteiger partial charge is 0.484 e. The molecule has 7 nitrogen and oxygen atoms in total. The molecule has 2 heterocycles. The molecule has 8 heteroatoms. The summed E-state index contributed by atoms with van der Waals surface area (Å²) in [4.78, 5) is 14.1. The second kappa shape index (κ2) is 7.08. The lowest BCUT2D eigenvalue weighted by Crippen LogP contribution is -2.54. The summed E-state index contributed by atoms with van der Waals surface area (Å²) in [6.45, 7) is 3.58. The van der Waals surface area contributed by atoms with Gasteiger partial charge in [-0.25, -0.2) is 8.42 Å². The zero-order valence-electron chi connectivity index (χ0n) is 15.1. The topological polar surface area (TPSA) is 101 Å². The summed E-state index contributed by atoms with van der Waals surface area (Å²) >= 11 is 0. The molecule has 0 radical (unpaired) electrons. The quantitative estimate of drug-likeness (QED) is 0.797. The molecule has 1 aromatic heterocycles. The SMILES string of the molecule is CC1(C)CN(C(=O)c2ccc(COc3ccccc3C#N)o2)CCS1(=O)=O. The highest BCUT2D eigenvalue weighted by atomic mass is 32.2. The third-order valence-corrected chi connectivity index (χ3v) is 7.11. The Bertz CT molecular complexity index is 1000. The maximum absolute atomic E-state index is 12.6. The van der Waals surface area contributed by atoms with Crippen LogP contribution in [0.15, 0.2) is 40.8 Å². The molecule has 1 aliphatic heterocycles. The Morgan fingerprint density at radius 3 is 2.74 bits per heavy atom. The molecule has 1 fully saturated rings. The molecule has 0 saturated carbocycles. The molecular weight excluding hydrogens is 368 g/mol. The minimum absolute atomic E-state index is 0.0621. The minimum atomic E-state index is -3.22. The molecule has 2 aromatic rings. The number of hydrogen-bond acceptors (Lipinski definition) is 6. The van der Waals surface area contributed by atoms with Gasteiger partial charge in [-0.2, -0.15) is 5.26 Å². The lowest BCUT2D eigenvalue weighted by Gasteiger charge is -2.37. The van der Waals surface area contributed by atoms with Crippen molar-refractivity contribution in [2.75, 3.05) is 18.8 Å². The van der Waals surface area contributed by atoms with E-state index >= 15 is 0 Å². The number of sulfone groups is 1. The standard InChI is InChI=1S/C19H20N2O5S/c1-19(2)13-21(9-10-27(19,23)24)18(22)17-8-7-15(26-17)12-25-16-6-4-3-5-14(16)11-20/h3-8H,9-10,12-13H2,1-2H3. The van der Waals surface area contributed by atoms with E-state index in [1.165, 1.54) is 4.90 Å². The molecule has 0 N–H and O–H groups in total. The zero-order chi connectivity index (χ0) is 19.7. The highest BCUT2D eigenvalue weighted by molar-refractivity contribution is 7.92. The molecule has 0 aliphatic carbocycles. The van der Waals surface area contributed by atoms with Crippen LogP contribution in [0.4, 0.5) is 0 Å². The predicted octanol–water partition coefficient (Wildman–Crippen LogP) is 2.38. The average Bonchev–Trinajstić information content (AvgIpc) is 3.11. The molecule has 27 heavy (non-hydrogen) atoms. The van der Waals surface area contributed by atoms with Crippen LogP contribution in [-0.4, -0.2) is 42.8 Å². The van der Waals surface area contributed by atoms with Gasteiger partial charge in [-0.1, -0.05) is 12.1 Å². The predicted molar refractivity (Wildman–Crippen MR) is 98.0 cm³/mol. The minimum Gasteiger partial charge on any atom is -0.484 e. The first-order valence-electron chi connectivity index (χ1n) is 8.46. The summed E-state index contributed by atoms with van der Waals surface area (Å²) in [5.74, 6) is 0.606. The van der Waals surface area contributed by atoms with Gasteiger partial charge in [0.2, 0.25) is 0 Å². The average molecular weight is 388 g/mol. The van der Waals surface area contributed by atoms with Crippen LogP contribution in [0.25, 0.3) is 0 Å². The summed E-state index contributed by atoms with van der Waals surface area (Å²) < 4.78 is 34.3. The summed E-state index contributed by atoms with van der Waals surface area (Å²) in [5.41, 5.74) is 0.414. The fourth-order valence-corrected chi connectivity index (χ4v) is 4.24. The van der Waals surface area contributed by atoms with Crippen LogP contribution < -0.4 is 4.74 Å². The fraction of sp³-hybridized carbons (Fsp3) is 0.368. The summed E-state index contributed by atoms with van der Waals surface area (Å²) in [7, 11) is -3.22. The number of carbonyl (C=O) groups is 1. The van der Waals surface area contributed by atoms with Gasteiger partial charge in [-0.3, -0.25) is 4.79 Å². The van der Waals surface area contributed by atoms with E-state index in [9.17, 15) is 13.2 Å². The number of ether oxygens (including phenoxy) is 1. The molecular formula is C19H20N2O5S. The van der Waals surface area contributed by atoms with Gasteiger partial charge in [-0.15, -0.1) is 0 Å². The molecule has 3 rings (SSSR count). The van der Waals surface area contributed by atoms with Gasteiger partial charge in [0.05, 0.1) is 16.1 Å². The number of nitrogens with zero attached hydrogens (tertiary/aromatic N) is 2. The van der Waals surface area contributed by atoms with Gasteiger partial charge in [-0.05, 0) is 38.1 Å². The monoisotopic (exact) mass is 388 g/mol. The molecule has 0 atom stereocenters. The van der Waals surface area contributed by atoms with E-state index in [1.54, 1.807) is 50.2 Å². The maximum Gasteiger partial charge on any atom is 0.289 e.